The number of nitrogens with zero attached hydrogens (tertiary/aromatic N) is 2. The minimum Gasteiger partial charge on any atom is -0.303 e. The Kier molecular flexibility index (Phi) is 3.64. The Morgan fingerprint density at radius 3 is 2.65 bits per heavy atom. The van der Waals surface area contributed by atoms with E-state index < -0.39 is 0 Å². The lowest BCUT2D eigenvalue weighted by Gasteiger charge is -2.19. The van der Waals surface area contributed by atoms with Crippen LogP contribution < -0.4 is 5.32 Å². The second kappa shape index (κ2) is 5.02. The third-order valence-electron chi connectivity index (χ3n) is 3.21. The Morgan fingerprint density at radius 2 is 2.12 bits per heavy atom. The Hall–Kier alpha value is -1.13. The molecule has 2 heterocycles. The van der Waals surface area contributed by atoms with Gasteiger partial charge in [-0.15, -0.1) is 11.3 Å². The van der Waals surface area contributed by atoms with E-state index >= 15 is 0 Å². The maximum atomic E-state index is 4.29. The van der Waals surface area contributed by atoms with Gasteiger partial charge in [-0.1, -0.05) is 6.07 Å². The first-order chi connectivity index (χ1) is 8.09. The van der Waals surface area contributed by atoms with Crippen LogP contribution in [-0.2, 0) is 7.05 Å². The minimum atomic E-state index is 0.320. The average Bonchev–Trinajstić information content (AvgIpc) is 2.90. The molecule has 0 amide bonds. The van der Waals surface area contributed by atoms with Crippen LogP contribution in [-0.4, -0.2) is 9.78 Å². The number of aromatic nitrogens is 2. The monoisotopic (exact) mass is 249 g/mol. The molecule has 2 aromatic rings. The molecule has 17 heavy (non-hydrogen) atoms. The van der Waals surface area contributed by atoms with Gasteiger partial charge in [-0.3, -0.25) is 4.68 Å². The predicted molar refractivity (Wildman–Crippen MR) is 72.2 cm³/mol. The first-order valence-electron chi connectivity index (χ1n) is 5.87. The second-order valence-corrected chi connectivity index (χ2v) is 5.41. The second-order valence-electron chi connectivity index (χ2n) is 4.43. The first-order valence-corrected chi connectivity index (χ1v) is 6.75. The molecule has 0 spiro atoms. The van der Waals surface area contributed by atoms with Gasteiger partial charge in [0.05, 0.1) is 6.20 Å². The fraction of sp³-hybridized carbons (Fsp3) is 0.462. The SMILES string of the molecule is Cc1c(C(C)NC(C)c2cccs2)cnn1C. The third-order valence-corrected chi connectivity index (χ3v) is 4.26. The number of nitrogens with one attached hydrogen (secondary N) is 1. The van der Waals surface area contributed by atoms with Crippen LogP contribution in [0.25, 0.3) is 0 Å². The van der Waals surface area contributed by atoms with Crippen LogP contribution in [0.2, 0.25) is 0 Å². The van der Waals surface area contributed by atoms with Crippen molar-refractivity contribution >= 4 is 11.3 Å². The minimum absolute atomic E-state index is 0.320. The average molecular weight is 249 g/mol. The largest absolute Gasteiger partial charge is 0.303 e. The molecular weight excluding hydrogens is 230 g/mol. The first kappa shape index (κ1) is 12.3. The van der Waals surface area contributed by atoms with E-state index in [1.54, 1.807) is 11.3 Å². The molecule has 0 aliphatic carbocycles. The van der Waals surface area contributed by atoms with Gasteiger partial charge >= 0.3 is 0 Å². The Labute approximate surface area is 106 Å². The van der Waals surface area contributed by atoms with Crippen LogP contribution >= 0.6 is 11.3 Å². The van der Waals surface area contributed by atoms with Crippen molar-refractivity contribution in [1.82, 2.24) is 15.1 Å². The molecule has 2 atom stereocenters. The van der Waals surface area contributed by atoms with Gasteiger partial charge < -0.3 is 5.32 Å². The summed E-state index contributed by atoms with van der Waals surface area (Å²) in [5, 5.41) is 10.0. The quantitative estimate of drug-likeness (QED) is 0.901. The fourth-order valence-electron chi connectivity index (χ4n) is 2.03. The van der Waals surface area contributed by atoms with E-state index in [1.807, 2.05) is 17.9 Å². The van der Waals surface area contributed by atoms with Crippen molar-refractivity contribution in [2.24, 2.45) is 7.05 Å². The van der Waals surface area contributed by atoms with Gasteiger partial charge in [-0.25, -0.2) is 0 Å². The van der Waals surface area contributed by atoms with Crippen molar-refractivity contribution in [3.63, 3.8) is 0 Å². The molecule has 92 valence electrons. The summed E-state index contributed by atoms with van der Waals surface area (Å²) in [6.07, 6.45) is 1.95. The Balaban J connectivity index is 2.07. The maximum Gasteiger partial charge on any atom is 0.0540 e. The molecule has 0 aliphatic rings. The molecule has 1 N–H and O–H groups in total. The molecule has 0 aliphatic heterocycles. The molecule has 0 aromatic carbocycles. The third kappa shape index (κ3) is 2.58. The van der Waals surface area contributed by atoms with Crippen molar-refractivity contribution in [1.29, 1.82) is 0 Å². The van der Waals surface area contributed by atoms with Crippen LogP contribution in [0.3, 0.4) is 0 Å². The van der Waals surface area contributed by atoms with Crippen LogP contribution in [0, 0.1) is 6.92 Å². The molecule has 2 unspecified atom stereocenters. The van der Waals surface area contributed by atoms with Gasteiger partial charge in [0.2, 0.25) is 0 Å². The van der Waals surface area contributed by atoms with E-state index in [4.69, 9.17) is 0 Å². The van der Waals surface area contributed by atoms with Gasteiger partial charge in [0.1, 0.15) is 0 Å². The van der Waals surface area contributed by atoms with Crippen LogP contribution in [0.4, 0.5) is 0 Å². The highest BCUT2D eigenvalue weighted by Crippen LogP contribution is 2.23. The zero-order valence-electron chi connectivity index (χ0n) is 10.8. The molecule has 0 fully saturated rings. The van der Waals surface area contributed by atoms with Crippen molar-refractivity contribution in [3.05, 3.63) is 39.8 Å². The zero-order chi connectivity index (χ0) is 12.4. The molecule has 3 nitrogen and oxygen atoms in total. The molecule has 0 radical (unpaired) electrons. The lowest BCUT2D eigenvalue weighted by molar-refractivity contribution is 0.498. The van der Waals surface area contributed by atoms with Crippen LogP contribution in [0.1, 0.15) is 42.1 Å². The summed E-state index contributed by atoms with van der Waals surface area (Å²) in [7, 11) is 1.98. The molecule has 2 aromatic heterocycles. The van der Waals surface area contributed by atoms with Crippen molar-refractivity contribution in [2.75, 3.05) is 0 Å². The van der Waals surface area contributed by atoms with E-state index in [-0.39, 0.29) is 0 Å². The fourth-order valence-corrected chi connectivity index (χ4v) is 2.77. The summed E-state index contributed by atoms with van der Waals surface area (Å²) in [6, 6.07) is 4.97. The summed E-state index contributed by atoms with van der Waals surface area (Å²) >= 11 is 1.79. The smallest absolute Gasteiger partial charge is 0.0540 e. The summed E-state index contributed by atoms with van der Waals surface area (Å²) in [5.41, 5.74) is 2.50. The van der Waals surface area contributed by atoms with E-state index in [0.717, 1.165) is 0 Å². The van der Waals surface area contributed by atoms with Gasteiger partial charge in [0.15, 0.2) is 0 Å². The molecule has 0 bridgehead atoms. The summed E-state index contributed by atoms with van der Waals surface area (Å²) in [6.45, 7) is 6.50. The van der Waals surface area contributed by atoms with E-state index in [0.29, 0.717) is 12.1 Å². The Bertz CT molecular complexity index is 473. The van der Waals surface area contributed by atoms with Gasteiger partial charge in [0, 0.05) is 35.3 Å². The van der Waals surface area contributed by atoms with Crippen molar-refractivity contribution in [3.8, 4) is 0 Å². The number of thiophene rings is 1. The highest BCUT2D eigenvalue weighted by atomic mass is 32.1. The van der Waals surface area contributed by atoms with E-state index in [9.17, 15) is 0 Å². The van der Waals surface area contributed by atoms with Crippen LogP contribution in [0.5, 0.6) is 0 Å². The van der Waals surface area contributed by atoms with Gasteiger partial charge in [-0.2, -0.15) is 5.10 Å². The topological polar surface area (TPSA) is 29.9 Å². The van der Waals surface area contributed by atoms with E-state index in [1.165, 1.54) is 16.1 Å². The number of aryl methyl sites for hydroxylation is 1. The lowest BCUT2D eigenvalue weighted by Crippen LogP contribution is -2.22. The van der Waals surface area contributed by atoms with Gasteiger partial charge in [0.25, 0.3) is 0 Å². The van der Waals surface area contributed by atoms with Gasteiger partial charge in [-0.05, 0) is 32.2 Å². The summed E-state index contributed by atoms with van der Waals surface area (Å²) < 4.78 is 1.92. The maximum absolute atomic E-state index is 4.29. The highest BCUT2D eigenvalue weighted by molar-refractivity contribution is 7.10. The van der Waals surface area contributed by atoms with Crippen molar-refractivity contribution in [2.45, 2.75) is 32.9 Å². The number of hydrogen-bond acceptors (Lipinski definition) is 3. The highest BCUT2D eigenvalue weighted by Gasteiger charge is 2.15. The molecule has 0 saturated carbocycles. The summed E-state index contributed by atoms with van der Waals surface area (Å²) in [4.78, 5) is 1.37. The number of rotatable bonds is 4. The number of hydrogen-bond donors (Lipinski definition) is 1. The molecular formula is C13H19N3S. The Morgan fingerprint density at radius 1 is 1.35 bits per heavy atom. The van der Waals surface area contributed by atoms with E-state index in [2.05, 4.69) is 48.7 Å². The predicted octanol–water partition coefficient (Wildman–Crippen LogP) is 3.20. The molecule has 4 heteroatoms. The normalized spacial score (nSPS) is 14.8. The van der Waals surface area contributed by atoms with Crippen molar-refractivity contribution < 1.29 is 0 Å². The summed E-state index contributed by atoms with van der Waals surface area (Å²) in [5.74, 6) is 0. The zero-order valence-corrected chi connectivity index (χ0v) is 11.6. The lowest BCUT2D eigenvalue weighted by atomic mass is 10.1. The molecule has 2 rings (SSSR count). The van der Waals surface area contributed by atoms with Crippen LogP contribution in [0.15, 0.2) is 23.7 Å². The standard InChI is InChI=1S/C13H19N3S/c1-9(12-8-14-16(4)11(12)3)15-10(2)13-6-5-7-17-13/h5-10,15H,1-4H3. The molecule has 0 saturated heterocycles.